The summed E-state index contributed by atoms with van der Waals surface area (Å²) in [6.07, 6.45) is 0. The SMILES string of the molecule is CCNc1nn(-c2ccc(C)c(Cl)c2)c(N)c1C#N. The second-order valence-electron chi connectivity index (χ2n) is 4.10. The highest BCUT2D eigenvalue weighted by Gasteiger charge is 2.16. The van der Waals surface area contributed by atoms with E-state index in [0.29, 0.717) is 28.8 Å². The molecular formula is C13H14ClN5. The van der Waals surface area contributed by atoms with Gasteiger partial charge in [-0.2, -0.15) is 5.26 Å². The van der Waals surface area contributed by atoms with Crippen LogP contribution in [0.2, 0.25) is 5.02 Å². The van der Waals surface area contributed by atoms with Crippen LogP contribution in [0, 0.1) is 18.3 Å². The first-order chi connectivity index (χ1) is 9.08. The molecule has 0 radical (unpaired) electrons. The molecule has 6 heteroatoms. The molecule has 3 N–H and O–H groups in total. The lowest BCUT2D eigenvalue weighted by Gasteiger charge is -2.05. The molecule has 98 valence electrons. The molecule has 2 rings (SSSR count). The van der Waals surface area contributed by atoms with Crippen molar-refractivity contribution < 1.29 is 0 Å². The summed E-state index contributed by atoms with van der Waals surface area (Å²) in [6.45, 7) is 4.52. The van der Waals surface area contributed by atoms with Crippen LogP contribution in [0.1, 0.15) is 18.1 Å². The number of nitrogen functional groups attached to an aromatic ring is 1. The Hall–Kier alpha value is -2.19. The summed E-state index contributed by atoms with van der Waals surface area (Å²) in [5, 5.41) is 17.1. The number of nitrogens with one attached hydrogen (secondary N) is 1. The third-order valence-electron chi connectivity index (χ3n) is 2.78. The highest BCUT2D eigenvalue weighted by molar-refractivity contribution is 6.31. The van der Waals surface area contributed by atoms with E-state index in [1.54, 1.807) is 6.07 Å². The maximum Gasteiger partial charge on any atom is 0.168 e. The second-order valence-corrected chi connectivity index (χ2v) is 4.50. The molecule has 2 aromatic rings. The number of benzene rings is 1. The Balaban J connectivity index is 2.56. The molecule has 5 nitrogen and oxygen atoms in total. The Kier molecular flexibility index (Phi) is 3.63. The summed E-state index contributed by atoms with van der Waals surface area (Å²) >= 11 is 6.10. The molecule has 1 aromatic carbocycles. The van der Waals surface area contributed by atoms with Crippen molar-refractivity contribution in [2.75, 3.05) is 17.6 Å². The fraction of sp³-hybridized carbons (Fsp3) is 0.231. The van der Waals surface area contributed by atoms with E-state index in [2.05, 4.69) is 16.5 Å². The number of nitriles is 1. The summed E-state index contributed by atoms with van der Waals surface area (Å²) in [5.41, 5.74) is 8.01. The molecular weight excluding hydrogens is 262 g/mol. The number of hydrogen-bond donors (Lipinski definition) is 2. The van der Waals surface area contributed by atoms with Crippen LogP contribution >= 0.6 is 11.6 Å². The van der Waals surface area contributed by atoms with Crippen LogP contribution < -0.4 is 11.1 Å². The number of nitrogens with zero attached hydrogens (tertiary/aromatic N) is 3. The first-order valence-corrected chi connectivity index (χ1v) is 6.25. The number of nitrogens with two attached hydrogens (primary N) is 1. The van der Waals surface area contributed by atoms with Gasteiger partial charge in [-0.1, -0.05) is 17.7 Å². The fourth-order valence-corrected chi connectivity index (χ4v) is 1.92. The van der Waals surface area contributed by atoms with Crippen LogP contribution in [0.3, 0.4) is 0 Å². The quantitative estimate of drug-likeness (QED) is 0.903. The number of halogens is 1. The van der Waals surface area contributed by atoms with Crippen molar-refractivity contribution >= 4 is 23.2 Å². The van der Waals surface area contributed by atoms with Crippen LogP contribution in [-0.4, -0.2) is 16.3 Å². The predicted molar refractivity (Wildman–Crippen MR) is 76.6 cm³/mol. The third kappa shape index (κ3) is 2.35. The Bertz CT molecular complexity index is 654. The van der Waals surface area contributed by atoms with Gasteiger partial charge in [0.15, 0.2) is 5.82 Å². The highest BCUT2D eigenvalue weighted by Crippen LogP contribution is 2.26. The van der Waals surface area contributed by atoms with Crippen molar-refractivity contribution in [3.63, 3.8) is 0 Å². The minimum Gasteiger partial charge on any atom is -0.382 e. The maximum atomic E-state index is 9.14. The van der Waals surface area contributed by atoms with E-state index in [1.807, 2.05) is 26.0 Å². The zero-order chi connectivity index (χ0) is 14.0. The van der Waals surface area contributed by atoms with E-state index in [-0.39, 0.29) is 0 Å². The van der Waals surface area contributed by atoms with E-state index < -0.39 is 0 Å². The first kappa shape index (κ1) is 13.2. The molecule has 0 saturated carbocycles. The van der Waals surface area contributed by atoms with Gasteiger partial charge in [-0.3, -0.25) is 0 Å². The zero-order valence-electron chi connectivity index (χ0n) is 10.7. The Morgan fingerprint density at radius 1 is 1.53 bits per heavy atom. The Morgan fingerprint density at radius 2 is 2.26 bits per heavy atom. The molecule has 0 aliphatic carbocycles. The van der Waals surface area contributed by atoms with Crippen LogP contribution in [0.5, 0.6) is 0 Å². The van der Waals surface area contributed by atoms with Gasteiger partial charge in [-0.25, -0.2) is 4.68 Å². The van der Waals surface area contributed by atoms with E-state index in [1.165, 1.54) is 4.68 Å². The maximum absolute atomic E-state index is 9.14. The van der Waals surface area contributed by atoms with Gasteiger partial charge in [-0.05, 0) is 31.5 Å². The van der Waals surface area contributed by atoms with Gasteiger partial charge in [0.25, 0.3) is 0 Å². The largest absolute Gasteiger partial charge is 0.382 e. The normalized spacial score (nSPS) is 10.2. The molecule has 0 aliphatic rings. The predicted octanol–water partition coefficient (Wildman–Crippen LogP) is 2.72. The summed E-state index contributed by atoms with van der Waals surface area (Å²) in [4.78, 5) is 0. The van der Waals surface area contributed by atoms with Crippen molar-refractivity contribution in [2.45, 2.75) is 13.8 Å². The number of rotatable bonds is 3. The monoisotopic (exact) mass is 275 g/mol. The average Bonchev–Trinajstić information content (AvgIpc) is 2.70. The molecule has 0 atom stereocenters. The van der Waals surface area contributed by atoms with Crippen molar-refractivity contribution in [3.8, 4) is 11.8 Å². The van der Waals surface area contributed by atoms with Gasteiger partial charge in [0.1, 0.15) is 17.5 Å². The van der Waals surface area contributed by atoms with Gasteiger partial charge < -0.3 is 11.1 Å². The van der Waals surface area contributed by atoms with Crippen molar-refractivity contribution in [1.82, 2.24) is 9.78 Å². The van der Waals surface area contributed by atoms with Gasteiger partial charge >= 0.3 is 0 Å². The van der Waals surface area contributed by atoms with Crippen LogP contribution in [0.4, 0.5) is 11.6 Å². The zero-order valence-corrected chi connectivity index (χ0v) is 11.5. The number of aromatic nitrogens is 2. The molecule has 0 spiro atoms. The third-order valence-corrected chi connectivity index (χ3v) is 3.18. The number of hydrogen-bond acceptors (Lipinski definition) is 4. The lowest BCUT2D eigenvalue weighted by Crippen LogP contribution is -2.03. The number of anilines is 2. The van der Waals surface area contributed by atoms with E-state index >= 15 is 0 Å². The van der Waals surface area contributed by atoms with E-state index in [0.717, 1.165) is 11.3 Å². The Labute approximate surface area is 116 Å². The van der Waals surface area contributed by atoms with Crippen LogP contribution in [-0.2, 0) is 0 Å². The smallest absolute Gasteiger partial charge is 0.168 e. The minimum atomic E-state index is 0.304. The molecule has 0 aliphatic heterocycles. The molecule has 0 unspecified atom stereocenters. The van der Waals surface area contributed by atoms with Gasteiger partial charge in [0, 0.05) is 11.6 Å². The summed E-state index contributed by atoms with van der Waals surface area (Å²) in [7, 11) is 0. The van der Waals surface area contributed by atoms with Crippen LogP contribution in [0.15, 0.2) is 18.2 Å². The standard InChI is InChI=1S/C13H14ClN5/c1-3-17-13-10(7-15)12(16)19(18-13)9-5-4-8(2)11(14)6-9/h4-6H,3,16H2,1-2H3,(H,17,18). The highest BCUT2D eigenvalue weighted by atomic mass is 35.5. The van der Waals surface area contributed by atoms with Crippen molar-refractivity contribution in [2.24, 2.45) is 0 Å². The van der Waals surface area contributed by atoms with Gasteiger partial charge in [0.05, 0.1) is 5.69 Å². The summed E-state index contributed by atoms with van der Waals surface area (Å²) in [5.74, 6) is 0.789. The molecule has 0 fully saturated rings. The lowest BCUT2D eigenvalue weighted by atomic mass is 10.2. The molecule has 0 saturated heterocycles. The van der Waals surface area contributed by atoms with Gasteiger partial charge in [-0.15, -0.1) is 5.10 Å². The lowest BCUT2D eigenvalue weighted by molar-refractivity contribution is 0.889. The van der Waals surface area contributed by atoms with E-state index in [4.69, 9.17) is 22.6 Å². The molecule has 0 amide bonds. The number of aryl methyl sites for hydroxylation is 1. The fourth-order valence-electron chi connectivity index (χ4n) is 1.74. The first-order valence-electron chi connectivity index (χ1n) is 5.87. The topological polar surface area (TPSA) is 79.7 Å². The molecule has 19 heavy (non-hydrogen) atoms. The molecule has 1 heterocycles. The minimum absolute atomic E-state index is 0.304. The second kappa shape index (κ2) is 5.21. The van der Waals surface area contributed by atoms with E-state index in [9.17, 15) is 0 Å². The van der Waals surface area contributed by atoms with Crippen molar-refractivity contribution in [1.29, 1.82) is 5.26 Å². The van der Waals surface area contributed by atoms with Gasteiger partial charge in [0.2, 0.25) is 0 Å². The molecule has 1 aromatic heterocycles. The van der Waals surface area contributed by atoms with Crippen molar-refractivity contribution in [3.05, 3.63) is 34.3 Å². The average molecular weight is 276 g/mol. The molecule has 0 bridgehead atoms. The summed E-state index contributed by atoms with van der Waals surface area (Å²) < 4.78 is 1.52. The summed E-state index contributed by atoms with van der Waals surface area (Å²) in [6, 6.07) is 7.59. The van der Waals surface area contributed by atoms with Crippen LogP contribution in [0.25, 0.3) is 5.69 Å². The Morgan fingerprint density at radius 3 is 2.84 bits per heavy atom.